The standard InChI is InChI=1S/C20H21ClN2O2/c1-15-4-2-3-5-17(15)14-19(24)22-10-12-23(13-11-22)20(25)16-6-8-18(21)9-7-16/h2-9H,10-14H2,1H3. The third-order valence-corrected chi connectivity index (χ3v) is 4.87. The Morgan fingerprint density at radius 3 is 2.16 bits per heavy atom. The highest BCUT2D eigenvalue weighted by molar-refractivity contribution is 6.30. The molecule has 0 aliphatic carbocycles. The Hall–Kier alpha value is -2.33. The van der Waals surface area contributed by atoms with Gasteiger partial charge in [0.1, 0.15) is 0 Å². The van der Waals surface area contributed by atoms with Crippen molar-refractivity contribution in [1.82, 2.24) is 9.80 Å². The lowest BCUT2D eigenvalue weighted by atomic mass is 10.1. The third-order valence-electron chi connectivity index (χ3n) is 4.61. The second kappa shape index (κ2) is 7.70. The number of piperazine rings is 1. The van der Waals surface area contributed by atoms with Gasteiger partial charge in [-0.05, 0) is 42.3 Å². The molecular formula is C20H21ClN2O2. The zero-order valence-electron chi connectivity index (χ0n) is 14.2. The van der Waals surface area contributed by atoms with Crippen LogP contribution in [-0.2, 0) is 11.2 Å². The summed E-state index contributed by atoms with van der Waals surface area (Å²) in [6.45, 7) is 4.28. The molecule has 3 rings (SSSR count). The molecule has 1 fully saturated rings. The number of carbonyl (C=O) groups excluding carboxylic acids is 2. The normalized spacial score (nSPS) is 14.5. The van der Waals surface area contributed by atoms with E-state index in [-0.39, 0.29) is 11.8 Å². The van der Waals surface area contributed by atoms with Gasteiger partial charge in [0.15, 0.2) is 0 Å². The van der Waals surface area contributed by atoms with E-state index in [1.54, 1.807) is 29.2 Å². The molecule has 5 heteroatoms. The highest BCUT2D eigenvalue weighted by Crippen LogP contribution is 2.14. The molecule has 0 radical (unpaired) electrons. The number of aryl methyl sites for hydroxylation is 1. The lowest BCUT2D eigenvalue weighted by Crippen LogP contribution is -2.51. The van der Waals surface area contributed by atoms with E-state index < -0.39 is 0 Å². The van der Waals surface area contributed by atoms with Gasteiger partial charge in [-0.15, -0.1) is 0 Å². The minimum absolute atomic E-state index is 0.0114. The van der Waals surface area contributed by atoms with Crippen molar-refractivity contribution >= 4 is 23.4 Å². The number of nitrogens with zero attached hydrogens (tertiary/aromatic N) is 2. The Balaban J connectivity index is 1.56. The average molecular weight is 357 g/mol. The number of carbonyl (C=O) groups is 2. The van der Waals surface area contributed by atoms with E-state index in [9.17, 15) is 9.59 Å². The molecule has 0 atom stereocenters. The lowest BCUT2D eigenvalue weighted by molar-refractivity contribution is -0.131. The summed E-state index contributed by atoms with van der Waals surface area (Å²) in [7, 11) is 0. The van der Waals surface area contributed by atoms with E-state index in [1.165, 1.54) is 0 Å². The molecule has 0 bridgehead atoms. The molecule has 1 heterocycles. The van der Waals surface area contributed by atoms with Crippen molar-refractivity contribution < 1.29 is 9.59 Å². The van der Waals surface area contributed by atoms with Crippen molar-refractivity contribution in [2.24, 2.45) is 0 Å². The highest BCUT2D eigenvalue weighted by Gasteiger charge is 2.25. The maximum atomic E-state index is 12.5. The number of hydrogen-bond donors (Lipinski definition) is 0. The quantitative estimate of drug-likeness (QED) is 0.847. The van der Waals surface area contributed by atoms with Crippen LogP contribution in [0.4, 0.5) is 0 Å². The highest BCUT2D eigenvalue weighted by atomic mass is 35.5. The fourth-order valence-corrected chi connectivity index (χ4v) is 3.14. The maximum absolute atomic E-state index is 12.5. The van der Waals surface area contributed by atoms with Crippen molar-refractivity contribution in [2.75, 3.05) is 26.2 Å². The number of benzene rings is 2. The first kappa shape index (κ1) is 17.5. The number of amides is 2. The summed E-state index contributed by atoms with van der Waals surface area (Å²) in [4.78, 5) is 28.7. The zero-order valence-corrected chi connectivity index (χ0v) is 15.0. The second-order valence-corrected chi connectivity index (χ2v) is 6.72. The van der Waals surface area contributed by atoms with E-state index in [1.807, 2.05) is 36.1 Å². The van der Waals surface area contributed by atoms with Crippen LogP contribution < -0.4 is 0 Å². The molecule has 0 aromatic heterocycles. The van der Waals surface area contributed by atoms with Gasteiger partial charge in [-0.25, -0.2) is 0 Å². The van der Waals surface area contributed by atoms with Gasteiger partial charge in [-0.3, -0.25) is 9.59 Å². The predicted octanol–water partition coefficient (Wildman–Crippen LogP) is 3.18. The van der Waals surface area contributed by atoms with Crippen LogP contribution in [0.3, 0.4) is 0 Å². The smallest absolute Gasteiger partial charge is 0.253 e. The number of rotatable bonds is 3. The maximum Gasteiger partial charge on any atom is 0.253 e. The van der Waals surface area contributed by atoms with Gasteiger partial charge >= 0.3 is 0 Å². The fourth-order valence-electron chi connectivity index (χ4n) is 3.02. The van der Waals surface area contributed by atoms with Crippen molar-refractivity contribution in [3.8, 4) is 0 Å². The third kappa shape index (κ3) is 4.20. The SMILES string of the molecule is Cc1ccccc1CC(=O)N1CCN(C(=O)c2ccc(Cl)cc2)CC1. The van der Waals surface area contributed by atoms with Crippen LogP contribution in [-0.4, -0.2) is 47.8 Å². The molecule has 2 amide bonds. The average Bonchev–Trinajstić information content (AvgIpc) is 2.64. The molecule has 0 spiro atoms. The molecule has 1 saturated heterocycles. The predicted molar refractivity (Wildman–Crippen MR) is 98.8 cm³/mol. The Labute approximate surface area is 153 Å². The fraction of sp³-hybridized carbons (Fsp3) is 0.300. The largest absolute Gasteiger partial charge is 0.339 e. The van der Waals surface area contributed by atoms with E-state index in [0.717, 1.165) is 11.1 Å². The van der Waals surface area contributed by atoms with Crippen LogP contribution in [0.25, 0.3) is 0 Å². The molecule has 2 aromatic rings. The summed E-state index contributed by atoms with van der Waals surface area (Å²) in [5.41, 5.74) is 2.82. The molecule has 25 heavy (non-hydrogen) atoms. The van der Waals surface area contributed by atoms with Crippen LogP contribution in [0.15, 0.2) is 48.5 Å². The van der Waals surface area contributed by atoms with Crippen LogP contribution in [0.5, 0.6) is 0 Å². The van der Waals surface area contributed by atoms with Gasteiger partial charge in [0, 0.05) is 36.8 Å². The number of halogens is 1. The molecule has 4 nitrogen and oxygen atoms in total. The number of hydrogen-bond acceptors (Lipinski definition) is 2. The van der Waals surface area contributed by atoms with E-state index in [0.29, 0.717) is 43.2 Å². The van der Waals surface area contributed by atoms with Crippen molar-refractivity contribution in [3.63, 3.8) is 0 Å². The Morgan fingerprint density at radius 1 is 0.920 bits per heavy atom. The molecule has 1 aliphatic heterocycles. The summed E-state index contributed by atoms with van der Waals surface area (Å²) in [6.07, 6.45) is 0.414. The van der Waals surface area contributed by atoms with E-state index >= 15 is 0 Å². The second-order valence-electron chi connectivity index (χ2n) is 6.28. The molecule has 130 valence electrons. The van der Waals surface area contributed by atoms with Crippen LogP contribution in [0.1, 0.15) is 21.5 Å². The molecule has 0 saturated carbocycles. The molecule has 0 unspecified atom stereocenters. The topological polar surface area (TPSA) is 40.6 Å². The first-order valence-corrected chi connectivity index (χ1v) is 8.79. The van der Waals surface area contributed by atoms with Gasteiger partial charge in [-0.2, -0.15) is 0 Å². The summed E-state index contributed by atoms with van der Waals surface area (Å²) in [6, 6.07) is 14.9. The Morgan fingerprint density at radius 2 is 1.52 bits per heavy atom. The monoisotopic (exact) mass is 356 g/mol. The van der Waals surface area contributed by atoms with Gasteiger partial charge in [0.2, 0.25) is 5.91 Å². The lowest BCUT2D eigenvalue weighted by Gasteiger charge is -2.35. The Kier molecular flexibility index (Phi) is 5.39. The summed E-state index contributed by atoms with van der Waals surface area (Å²) < 4.78 is 0. The molecule has 1 aliphatic rings. The summed E-state index contributed by atoms with van der Waals surface area (Å²) in [5, 5.41) is 0.614. The van der Waals surface area contributed by atoms with E-state index in [2.05, 4.69) is 0 Å². The minimum atomic E-state index is -0.0114. The van der Waals surface area contributed by atoms with Crippen LogP contribution in [0, 0.1) is 6.92 Å². The minimum Gasteiger partial charge on any atom is -0.339 e. The molecule has 2 aromatic carbocycles. The molecule has 0 N–H and O–H groups in total. The van der Waals surface area contributed by atoms with Gasteiger partial charge in [0.25, 0.3) is 5.91 Å². The van der Waals surface area contributed by atoms with Gasteiger partial charge in [0.05, 0.1) is 6.42 Å². The van der Waals surface area contributed by atoms with Crippen molar-refractivity contribution in [1.29, 1.82) is 0 Å². The Bertz CT molecular complexity index is 766. The summed E-state index contributed by atoms with van der Waals surface area (Å²) in [5.74, 6) is 0.107. The van der Waals surface area contributed by atoms with Crippen molar-refractivity contribution in [3.05, 3.63) is 70.2 Å². The molecular weight excluding hydrogens is 336 g/mol. The van der Waals surface area contributed by atoms with Crippen LogP contribution >= 0.6 is 11.6 Å². The summed E-state index contributed by atoms with van der Waals surface area (Å²) >= 11 is 5.86. The van der Waals surface area contributed by atoms with Gasteiger partial charge < -0.3 is 9.80 Å². The first-order valence-electron chi connectivity index (χ1n) is 8.42. The zero-order chi connectivity index (χ0) is 17.8. The first-order chi connectivity index (χ1) is 12.0. The van der Waals surface area contributed by atoms with E-state index in [4.69, 9.17) is 11.6 Å². The van der Waals surface area contributed by atoms with Crippen molar-refractivity contribution in [2.45, 2.75) is 13.3 Å². The van der Waals surface area contributed by atoms with Crippen LogP contribution in [0.2, 0.25) is 5.02 Å². The van der Waals surface area contributed by atoms with Gasteiger partial charge in [-0.1, -0.05) is 35.9 Å².